The van der Waals surface area contributed by atoms with E-state index in [0.29, 0.717) is 6.42 Å². The summed E-state index contributed by atoms with van der Waals surface area (Å²) in [5.41, 5.74) is 3.60. The maximum absolute atomic E-state index is 13.2. The third-order valence-corrected chi connectivity index (χ3v) is 9.43. The predicted octanol–water partition coefficient (Wildman–Crippen LogP) is 1.72. The molecular formula is C26H36ClNO8. The molecule has 0 aromatic carbocycles. The van der Waals surface area contributed by atoms with Crippen LogP contribution in [0.3, 0.4) is 0 Å². The molecule has 36 heavy (non-hydrogen) atoms. The second-order valence-corrected chi connectivity index (χ2v) is 11.2. The number of Topliss-reactive ketones (excluding diaryl/α,β-unsaturated/α-hetero) is 1. The van der Waals surface area contributed by atoms with Crippen molar-refractivity contribution in [2.24, 2.45) is 34.3 Å². The van der Waals surface area contributed by atoms with Gasteiger partial charge in [-0.05, 0) is 62.5 Å². The third-order valence-electron chi connectivity index (χ3n) is 9.43. The number of ketones is 2. The second-order valence-electron chi connectivity index (χ2n) is 11.2. The van der Waals surface area contributed by atoms with E-state index in [0.717, 1.165) is 18.4 Å². The van der Waals surface area contributed by atoms with E-state index in [1.165, 1.54) is 0 Å². The number of esters is 1. The molecule has 8 atom stereocenters. The molecule has 3 saturated carbocycles. The van der Waals surface area contributed by atoms with Crippen LogP contribution < -0.4 is 5.73 Å². The zero-order valence-corrected chi connectivity index (χ0v) is 21.5. The van der Waals surface area contributed by atoms with Gasteiger partial charge in [-0.1, -0.05) is 25.5 Å². The van der Waals surface area contributed by atoms with Crippen molar-refractivity contribution in [3.05, 3.63) is 23.8 Å². The summed E-state index contributed by atoms with van der Waals surface area (Å²) in [7, 11) is 0. The van der Waals surface area contributed by atoms with Crippen molar-refractivity contribution >= 4 is 35.9 Å². The lowest BCUT2D eigenvalue weighted by atomic mass is 9.46. The fourth-order valence-electron chi connectivity index (χ4n) is 7.55. The van der Waals surface area contributed by atoms with Crippen LogP contribution >= 0.6 is 12.4 Å². The fourth-order valence-corrected chi connectivity index (χ4v) is 7.55. The minimum atomic E-state index is -1.76. The van der Waals surface area contributed by atoms with Crippen LogP contribution in [0.25, 0.3) is 0 Å². The summed E-state index contributed by atoms with van der Waals surface area (Å²) in [6.45, 7) is 3.25. The second kappa shape index (κ2) is 10.0. The van der Waals surface area contributed by atoms with Gasteiger partial charge in [0.2, 0.25) is 5.78 Å². The molecule has 0 amide bonds. The van der Waals surface area contributed by atoms with Crippen molar-refractivity contribution in [3.8, 4) is 0 Å². The first-order valence-corrected chi connectivity index (χ1v) is 12.4. The summed E-state index contributed by atoms with van der Waals surface area (Å²) >= 11 is 0. The molecule has 4 aliphatic carbocycles. The molecule has 0 bridgehead atoms. The minimum absolute atomic E-state index is 0. The van der Waals surface area contributed by atoms with Crippen molar-refractivity contribution in [1.29, 1.82) is 0 Å². The molecule has 200 valence electrons. The van der Waals surface area contributed by atoms with Crippen LogP contribution in [0.2, 0.25) is 0 Å². The maximum Gasteiger partial charge on any atom is 0.323 e. The topological polar surface area (TPSA) is 164 Å². The first kappa shape index (κ1) is 28.5. The third kappa shape index (κ3) is 4.44. The van der Waals surface area contributed by atoms with E-state index < -0.39 is 52.9 Å². The van der Waals surface area contributed by atoms with Crippen LogP contribution in [0.5, 0.6) is 0 Å². The van der Waals surface area contributed by atoms with Crippen LogP contribution in [0.1, 0.15) is 58.8 Å². The highest BCUT2D eigenvalue weighted by Crippen LogP contribution is 2.67. The van der Waals surface area contributed by atoms with E-state index in [1.807, 2.05) is 13.0 Å². The standard InChI is InChI=1S/C26H35NO8.ClH/c1-24-9-7-15(28)11-14(24)3-4-16-17-8-10-26(34,25(17,2)12-19(29)22(16)24)20(30)13-35-23(33)18(27)5-6-21(31)32;/h7,9,11,16-19,22,29,34H,3-6,8,10,12-13,27H2,1-2H3,(H,31,32);1H/t16-,17-,18+,19-,22+,24-,25-,26-;/m0./s1. The molecule has 4 rings (SSSR count). The molecule has 0 aliphatic heterocycles. The number of aliphatic hydroxyl groups is 2. The van der Waals surface area contributed by atoms with Gasteiger partial charge in [-0.25, -0.2) is 0 Å². The quantitative estimate of drug-likeness (QED) is 0.362. The number of carbonyl (C=O) groups is 4. The molecule has 0 heterocycles. The van der Waals surface area contributed by atoms with Gasteiger partial charge in [0.05, 0.1) is 6.10 Å². The number of carbonyl (C=O) groups excluding carboxylic acids is 3. The van der Waals surface area contributed by atoms with Crippen LogP contribution in [0, 0.1) is 28.6 Å². The van der Waals surface area contributed by atoms with Gasteiger partial charge in [-0.2, -0.15) is 0 Å². The summed E-state index contributed by atoms with van der Waals surface area (Å²) in [6, 6.07) is -1.17. The van der Waals surface area contributed by atoms with E-state index in [9.17, 15) is 29.4 Å². The van der Waals surface area contributed by atoms with Crippen molar-refractivity contribution in [2.45, 2.75) is 76.5 Å². The number of halogens is 1. The highest BCUT2D eigenvalue weighted by Gasteiger charge is 2.68. The van der Waals surface area contributed by atoms with Crippen molar-refractivity contribution in [1.82, 2.24) is 0 Å². The molecule has 3 fully saturated rings. The van der Waals surface area contributed by atoms with Crippen LogP contribution in [-0.4, -0.2) is 63.2 Å². The number of nitrogens with two attached hydrogens (primary N) is 1. The average Bonchev–Trinajstić information content (AvgIpc) is 3.06. The minimum Gasteiger partial charge on any atom is -0.481 e. The van der Waals surface area contributed by atoms with Gasteiger partial charge >= 0.3 is 11.9 Å². The van der Waals surface area contributed by atoms with Gasteiger partial charge in [0.25, 0.3) is 0 Å². The normalized spacial score (nSPS) is 39.6. The fraction of sp³-hybridized carbons (Fsp3) is 0.692. The van der Waals surface area contributed by atoms with Gasteiger partial charge in [-0.15, -0.1) is 12.4 Å². The Hall–Kier alpha value is -2.07. The summed E-state index contributed by atoms with van der Waals surface area (Å²) in [4.78, 5) is 48.0. The lowest BCUT2D eigenvalue weighted by Gasteiger charge is -2.59. The first-order chi connectivity index (χ1) is 16.3. The van der Waals surface area contributed by atoms with Gasteiger partial charge in [0, 0.05) is 23.2 Å². The Morgan fingerprint density at radius 1 is 1.25 bits per heavy atom. The van der Waals surface area contributed by atoms with Gasteiger partial charge in [0.1, 0.15) is 11.6 Å². The Bertz CT molecular complexity index is 1010. The van der Waals surface area contributed by atoms with Gasteiger partial charge in [-0.3, -0.25) is 19.2 Å². The van der Waals surface area contributed by atoms with E-state index in [1.54, 1.807) is 12.2 Å². The highest BCUT2D eigenvalue weighted by atomic mass is 35.5. The molecule has 0 aromatic heterocycles. The Morgan fingerprint density at radius 3 is 2.61 bits per heavy atom. The molecule has 9 nitrogen and oxygen atoms in total. The zero-order chi connectivity index (χ0) is 25.8. The SMILES string of the molecule is C[C@]12C=CC(=O)C=C1CC[C@@H]1[C@@H]2[C@@H](O)C[C@@]2(C)[C@H]1CC[C@]2(O)C(=O)COC(=O)[C@H](N)CCC(=O)O.Cl. The number of aliphatic hydroxyl groups excluding tert-OH is 1. The number of rotatable bonds is 7. The predicted molar refractivity (Wildman–Crippen MR) is 131 cm³/mol. The van der Waals surface area contributed by atoms with E-state index in [-0.39, 0.29) is 61.6 Å². The summed E-state index contributed by atoms with van der Waals surface area (Å²) in [6.07, 6.45) is 6.49. The highest BCUT2D eigenvalue weighted by molar-refractivity contribution is 6.01. The largest absolute Gasteiger partial charge is 0.481 e. The molecular weight excluding hydrogens is 490 g/mol. The number of carboxylic acid groups (broad SMARTS) is 1. The molecule has 5 N–H and O–H groups in total. The summed E-state index contributed by atoms with van der Waals surface area (Å²) in [5.74, 6) is -2.70. The molecule has 0 aromatic rings. The first-order valence-electron chi connectivity index (χ1n) is 12.4. The van der Waals surface area contributed by atoms with Gasteiger partial charge in [0.15, 0.2) is 12.4 Å². The number of hydrogen-bond acceptors (Lipinski definition) is 8. The Morgan fingerprint density at radius 2 is 1.94 bits per heavy atom. The number of allylic oxidation sites excluding steroid dienone is 4. The monoisotopic (exact) mass is 525 g/mol. The van der Waals surface area contributed by atoms with Crippen LogP contribution in [0.4, 0.5) is 0 Å². The van der Waals surface area contributed by atoms with Crippen molar-refractivity contribution < 1.29 is 39.2 Å². The van der Waals surface area contributed by atoms with Gasteiger partial charge < -0.3 is 25.8 Å². The molecule has 0 saturated heterocycles. The van der Waals surface area contributed by atoms with Crippen LogP contribution in [0.15, 0.2) is 23.8 Å². The zero-order valence-electron chi connectivity index (χ0n) is 20.6. The summed E-state index contributed by atoms with van der Waals surface area (Å²) < 4.78 is 5.05. The van der Waals surface area contributed by atoms with Crippen molar-refractivity contribution in [2.75, 3.05) is 6.61 Å². The average molecular weight is 526 g/mol. The lowest BCUT2D eigenvalue weighted by Crippen LogP contribution is -2.61. The molecule has 4 aliphatic rings. The van der Waals surface area contributed by atoms with Crippen molar-refractivity contribution in [3.63, 3.8) is 0 Å². The Kier molecular flexibility index (Phi) is 7.92. The number of hydrogen-bond donors (Lipinski definition) is 4. The maximum atomic E-state index is 13.2. The Balaban J connectivity index is 0.00000361. The van der Waals surface area contributed by atoms with E-state index in [2.05, 4.69) is 6.92 Å². The van der Waals surface area contributed by atoms with E-state index in [4.69, 9.17) is 15.6 Å². The Labute approximate surface area is 216 Å². The number of aliphatic carboxylic acids is 1. The molecule has 0 spiro atoms. The molecule has 0 unspecified atom stereocenters. The smallest absolute Gasteiger partial charge is 0.323 e. The number of carboxylic acids is 1. The number of fused-ring (bicyclic) bond motifs is 5. The molecule has 10 heteroatoms. The van der Waals surface area contributed by atoms with Crippen LogP contribution in [-0.2, 0) is 23.9 Å². The van der Waals surface area contributed by atoms with E-state index >= 15 is 0 Å². The molecule has 0 radical (unpaired) electrons. The lowest BCUT2D eigenvalue weighted by molar-refractivity contribution is -0.181. The number of ether oxygens (including phenoxy) is 1. The summed E-state index contributed by atoms with van der Waals surface area (Å²) in [5, 5.41) is 31.8.